The Morgan fingerprint density at radius 3 is 2.10 bits per heavy atom. The number of thioether (sulfide) groups is 1. The molecule has 0 spiro atoms. The van der Waals surface area contributed by atoms with E-state index < -0.39 is 4.87 Å². The van der Waals surface area contributed by atoms with Gasteiger partial charge in [-0.3, -0.25) is 4.90 Å². The van der Waals surface area contributed by atoms with Crippen LogP contribution in [0, 0.1) is 22.7 Å². The first kappa shape index (κ1) is 20.2. The van der Waals surface area contributed by atoms with Crippen LogP contribution in [-0.2, 0) is 0 Å². The van der Waals surface area contributed by atoms with E-state index >= 15 is 0 Å². The summed E-state index contributed by atoms with van der Waals surface area (Å²) in [5.41, 5.74) is 2.12. The van der Waals surface area contributed by atoms with E-state index in [-0.39, 0.29) is 0 Å². The van der Waals surface area contributed by atoms with Crippen molar-refractivity contribution < 1.29 is 4.74 Å². The fraction of sp³-hybridized carbons (Fsp3) is 0.0833. The number of para-hydroxylation sites is 1. The van der Waals surface area contributed by atoms with Gasteiger partial charge in [0, 0.05) is 11.3 Å². The van der Waals surface area contributed by atoms with Crippen LogP contribution in [0.1, 0.15) is 5.56 Å². The molecule has 6 nitrogen and oxygen atoms in total. The van der Waals surface area contributed by atoms with Gasteiger partial charge < -0.3 is 4.74 Å². The molecule has 0 aromatic heterocycles. The maximum Gasteiger partial charge on any atom is 0.274 e. The first-order valence-electron chi connectivity index (χ1n) is 9.43. The van der Waals surface area contributed by atoms with Gasteiger partial charge in [-0.25, -0.2) is 9.98 Å². The summed E-state index contributed by atoms with van der Waals surface area (Å²) in [6.45, 7) is 0. The molecule has 0 N–H and O–H groups in total. The van der Waals surface area contributed by atoms with Gasteiger partial charge in [0.15, 0.2) is 5.17 Å². The Labute approximate surface area is 184 Å². The number of amidine groups is 2. The van der Waals surface area contributed by atoms with E-state index in [1.807, 2.05) is 60.7 Å². The largest absolute Gasteiger partial charge is 0.497 e. The number of methoxy groups -OCH3 is 1. The van der Waals surface area contributed by atoms with Gasteiger partial charge >= 0.3 is 0 Å². The lowest BCUT2D eigenvalue weighted by molar-refractivity contribution is 0.415. The minimum absolute atomic E-state index is 0.345. The number of aliphatic imine (C=N–C) groups is 2. The highest BCUT2D eigenvalue weighted by Crippen LogP contribution is 2.40. The lowest BCUT2D eigenvalue weighted by atomic mass is 10.1. The summed E-state index contributed by atoms with van der Waals surface area (Å²) in [4.78, 5) is 9.41. The van der Waals surface area contributed by atoms with Crippen molar-refractivity contribution in [2.24, 2.45) is 9.98 Å². The van der Waals surface area contributed by atoms with Crippen molar-refractivity contribution in [3.8, 4) is 17.9 Å². The van der Waals surface area contributed by atoms with Crippen molar-refractivity contribution in [1.29, 1.82) is 10.5 Å². The van der Waals surface area contributed by atoms with E-state index in [1.165, 1.54) is 0 Å². The molecule has 0 fully saturated rings. The standard InChI is InChI=1S/C24H17N5OS/c1-30-21-14-12-20(13-15-21)29-22(18-8-4-2-5-9-18)28-23(31-24(29,16-25)17-26)27-19-10-6-3-7-11-19/h2-15H,1H3. The molecule has 0 bridgehead atoms. The van der Waals surface area contributed by atoms with Crippen molar-refractivity contribution in [3.63, 3.8) is 0 Å². The van der Waals surface area contributed by atoms with Gasteiger partial charge in [-0.15, -0.1) is 0 Å². The molecular formula is C24H17N5OS. The average Bonchev–Trinajstić information content (AvgIpc) is 2.84. The summed E-state index contributed by atoms with van der Waals surface area (Å²) in [5, 5.41) is 20.7. The molecule has 7 heteroatoms. The van der Waals surface area contributed by atoms with E-state index in [0.717, 1.165) is 17.3 Å². The molecule has 3 aromatic carbocycles. The Morgan fingerprint density at radius 1 is 0.903 bits per heavy atom. The predicted molar refractivity (Wildman–Crippen MR) is 124 cm³/mol. The second-order valence-electron chi connectivity index (χ2n) is 6.53. The number of benzene rings is 3. The molecule has 0 atom stereocenters. The normalized spacial score (nSPS) is 16.2. The van der Waals surface area contributed by atoms with E-state index in [9.17, 15) is 10.5 Å². The third kappa shape index (κ3) is 4.00. The minimum Gasteiger partial charge on any atom is -0.497 e. The lowest BCUT2D eigenvalue weighted by Crippen LogP contribution is -2.52. The first-order chi connectivity index (χ1) is 15.2. The van der Waals surface area contributed by atoms with Gasteiger partial charge in [-0.05, 0) is 48.2 Å². The van der Waals surface area contributed by atoms with Crippen molar-refractivity contribution in [2.75, 3.05) is 12.0 Å². The monoisotopic (exact) mass is 423 g/mol. The molecule has 0 saturated carbocycles. The van der Waals surface area contributed by atoms with E-state index in [4.69, 9.17) is 9.73 Å². The van der Waals surface area contributed by atoms with Crippen molar-refractivity contribution in [1.82, 2.24) is 0 Å². The van der Waals surface area contributed by atoms with Gasteiger partial charge in [0.25, 0.3) is 4.87 Å². The Hall–Kier alpha value is -4.07. The second kappa shape index (κ2) is 8.74. The summed E-state index contributed by atoms with van der Waals surface area (Å²) in [6, 6.07) is 30.4. The van der Waals surface area contributed by atoms with Crippen LogP contribution in [0.3, 0.4) is 0 Å². The topological polar surface area (TPSA) is 84.8 Å². The van der Waals surface area contributed by atoms with Gasteiger partial charge in [-0.2, -0.15) is 10.5 Å². The van der Waals surface area contributed by atoms with Crippen molar-refractivity contribution in [3.05, 3.63) is 90.5 Å². The molecule has 150 valence electrons. The zero-order valence-electron chi connectivity index (χ0n) is 16.6. The molecule has 31 heavy (non-hydrogen) atoms. The highest BCUT2D eigenvalue weighted by molar-refractivity contribution is 8.15. The van der Waals surface area contributed by atoms with Crippen LogP contribution in [0.4, 0.5) is 11.4 Å². The maximum absolute atomic E-state index is 10.2. The second-order valence-corrected chi connectivity index (χ2v) is 7.69. The number of anilines is 1. The van der Waals surface area contributed by atoms with Crippen LogP contribution in [0.2, 0.25) is 0 Å². The molecule has 0 unspecified atom stereocenters. The Kier molecular flexibility index (Phi) is 5.70. The molecule has 1 heterocycles. The highest BCUT2D eigenvalue weighted by Gasteiger charge is 2.46. The molecule has 0 aliphatic carbocycles. The average molecular weight is 424 g/mol. The van der Waals surface area contributed by atoms with Crippen LogP contribution in [0.15, 0.2) is 94.9 Å². The minimum atomic E-state index is -1.59. The summed E-state index contributed by atoms with van der Waals surface area (Å²) in [6.07, 6.45) is 0. The van der Waals surface area contributed by atoms with Crippen LogP contribution < -0.4 is 9.64 Å². The van der Waals surface area contributed by atoms with Gasteiger partial charge in [0.1, 0.15) is 23.7 Å². The molecule has 0 radical (unpaired) electrons. The molecular weight excluding hydrogens is 406 g/mol. The van der Waals surface area contributed by atoms with Gasteiger partial charge in [0.05, 0.1) is 12.8 Å². The maximum atomic E-state index is 10.2. The van der Waals surface area contributed by atoms with E-state index in [1.54, 1.807) is 36.3 Å². The fourth-order valence-corrected chi connectivity index (χ4v) is 4.06. The predicted octanol–water partition coefficient (Wildman–Crippen LogP) is 5.13. The Bertz CT molecular complexity index is 1190. The van der Waals surface area contributed by atoms with E-state index in [0.29, 0.717) is 28.1 Å². The lowest BCUT2D eigenvalue weighted by Gasteiger charge is -2.38. The fourth-order valence-electron chi connectivity index (χ4n) is 3.14. The van der Waals surface area contributed by atoms with Gasteiger partial charge in [-0.1, -0.05) is 48.5 Å². The number of rotatable bonds is 4. The third-order valence-electron chi connectivity index (χ3n) is 4.61. The summed E-state index contributed by atoms with van der Waals surface area (Å²) >= 11 is 1.02. The van der Waals surface area contributed by atoms with Crippen LogP contribution >= 0.6 is 11.8 Å². The van der Waals surface area contributed by atoms with E-state index in [2.05, 4.69) is 17.1 Å². The van der Waals surface area contributed by atoms with Crippen molar-refractivity contribution >= 4 is 34.1 Å². The quantitative estimate of drug-likeness (QED) is 0.581. The first-order valence-corrected chi connectivity index (χ1v) is 10.2. The zero-order valence-corrected chi connectivity index (χ0v) is 17.5. The molecule has 1 aliphatic heterocycles. The summed E-state index contributed by atoms with van der Waals surface area (Å²) < 4.78 is 5.25. The molecule has 4 rings (SSSR count). The third-order valence-corrected chi connectivity index (χ3v) is 5.64. The number of hydrogen-bond acceptors (Lipinski definition) is 6. The van der Waals surface area contributed by atoms with Crippen LogP contribution in [-0.4, -0.2) is 23.0 Å². The zero-order chi connectivity index (χ0) is 21.7. The number of ether oxygens (including phenoxy) is 1. The van der Waals surface area contributed by atoms with Gasteiger partial charge in [0.2, 0.25) is 0 Å². The Morgan fingerprint density at radius 2 is 1.52 bits per heavy atom. The SMILES string of the molecule is COc1ccc(N2C(c3ccccc3)=NC(=Nc3ccccc3)SC2(C#N)C#N)cc1. The highest BCUT2D eigenvalue weighted by atomic mass is 32.2. The molecule has 0 amide bonds. The van der Waals surface area contributed by atoms with Crippen molar-refractivity contribution in [2.45, 2.75) is 4.87 Å². The molecule has 3 aromatic rings. The number of nitrogens with zero attached hydrogens (tertiary/aromatic N) is 5. The number of nitriles is 2. The smallest absolute Gasteiger partial charge is 0.274 e. The summed E-state index contributed by atoms with van der Waals surface area (Å²) in [7, 11) is 1.59. The number of hydrogen-bond donors (Lipinski definition) is 0. The van der Waals surface area contributed by atoms with Crippen LogP contribution in [0.5, 0.6) is 5.75 Å². The molecule has 0 saturated heterocycles. The Balaban J connectivity index is 1.93. The van der Waals surface area contributed by atoms with Crippen LogP contribution in [0.25, 0.3) is 0 Å². The summed E-state index contributed by atoms with van der Waals surface area (Å²) in [5.74, 6) is 1.15. The molecule has 1 aliphatic rings.